The van der Waals surface area contributed by atoms with Gasteiger partial charge in [-0.3, -0.25) is 4.79 Å². The van der Waals surface area contributed by atoms with Crippen LogP contribution in [0.25, 0.3) is 0 Å². The highest BCUT2D eigenvalue weighted by atomic mass is 16.5. The third kappa shape index (κ3) is 4.61. The maximum absolute atomic E-state index is 11.9. The molecule has 0 aliphatic heterocycles. The standard InChI is InChI=1S/C16H24O2/c1-12(2)14-8-6-13(7-9-14)10-15(17)11-16(3,4)18-5/h6-9,12H,10-11H2,1-5H3. The van der Waals surface area contributed by atoms with E-state index in [-0.39, 0.29) is 11.4 Å². The molecule has 0 unspecified atom stereocenters. The van der Waals surface area contributed by atoms with Crippen LogP contribution >= 0.6 is 0 Å². The lowest BCUT2D eigenvalue weighted by Crippen LogP contribution is -2.27. The van der Waals surface area contributed by atoms with Gasteiger partial charge < -0.3 is 4.74 Å². The fraction of sp³-hybridized carbons (Fsp3) is 0.562. The van der Waals surface area contributed by atoms with Crippen molar-refractivity contribution in [1.29, 1.82) is 0 Å². The lowest BCUT2D eigenvalue weighted by atomic mass is 9.96. The molecule has 0 N–H and O–H groups in total. The Kier molecular flexibility index (Phi) is 5.09. The van der Waals surface area contributed by atoms with Crippen molar-refractivity contribution in [3.8, 4) is 0 Å². The summed E-state index contributed by atoms with van der Waals surface area (Å²) in [5, 5.41) is 0. The number of rotatable bonds is 6. The summed E-state index contributed by atoms with van der Waals surface area (Å²) >= 11 is 0. The zero-order valence-electron chi connectivity index (χ0n) is 12.1. The predicted octanol–water partition coefficient (Wildman–Crippen LogP) is 3.74. The Labute approximate surface area is 110 Å². The van der Waals surface area contributed by atoms with Crippen molar-refractivity contribution in [3.63, 3.8) is 0 Å². The van der Waals surface area contributed by atoms with E-state index in [1.54, 1.807) is 7.11 Å². The van der Waals surface area contributed by atoms with Crippen LogP contribution in [0.5, 0.6) is 0 Å². The van der Waals surface area contributed by atoms with Gasteiger partial charge in [0.05, 0.1) is 5.60 Å². The lowest BCUT2D eigenvalue weighted by Gasteiger charge is -2.21. The minimum atomic E-state index is -0.366. The van der Waals surface area contributed by atoms with Gasteiger partial charge in [0.1, 0.15) is 5.78 Å². The summed E-state index contributed by atoms with van der Waals surface area (Å²) in [5.74, 6) is 0.751. The van der Waals surface area contributed by atoms with E-state index in [2.05, 4.69) is 26.0 Å². The summed E-state index contributed by atoms with van der Waals surface area (Å²) in [6, 6.07) is 8.31. The van der Waals surface area contributed by atoms with Crippen molar-refractivity contribution in [3.05, 3.63) is 35.4 Å². The largest absolute Gasteiger partial charge is 0.378 e. The van der Waals surface area contributed by atoms with E-state index in [4.69, 9.17) is 4.74 Å². The molecule has 0 fully saturated rings. The molecule has 0 bridgehead atoms. The van der Waals surface area contributed by atoms with Crippen molar-refractivity contribution in [2.45, 2.75) is 52.1 Å². The molecule has 0 aliphatic rings. The Morgan fingerprint density at radius 3 is 2.22 bits per heavy atom. The Hall–Kier alpha value is -1.15. The smallest absolute Gasteiger partial charge is 0.140 e. The number of ether oxygens (including phenoxy) is 1. The zero-order valence-corrected chi connectivity index (χ0v) is 12.1. The minimum Gasteiger partial charge on any atom is -0.378 e. The van der Waals surface area contributed by atoms with Crippen LogP contribution in [0, 0.1) is 0 Å². The molecule has 0 aliphatic carbocycles. The number of hydrogen-bond donors (Lipinski definition) is 0. The van der Waals surface area contributed by atoms with Crippen LogP contribution in [0.15, 0.2) is 24.3 Å². The second kappa shape index (κ2) is 6.14. The molecular formula is C16H24O2. The van der Waals surface area contributed by atoms with Crippen LogP contribution in [0.1, 0.15) is 51.2 Å². The second-order valence-electron chi connectivity index (χ2n) is 5.75. The van der Waals surface area contributed by atoms with E-state index in [0.29, 0.717) is 18.8 Å². The van der Waals surface area contributed by atoms with Gasteiger partial charge in [0.25, 0.3) is 0 Å². The number of methoxy groups -OCH3 is 1. The summed E-state index contributed by atoms with van der Waals surface area (Å²) in [6.07, 6.45) is 0.945. The highest BCUT2D eigenvalue weighted by Gasteiger charge is 2.20. The van der Waals surface area contributed by atoms with Gasteiger partial charge in [0, 0.05) is 20.0 Å². The first-order valence-corrected chi connectivity index (χ1v) is 6.50. The van der Waals surface area contributed by atoms with Crippen LogP contribution in [0.4, 0.5) is 0 Å². The molecule has 0 radical (unpaired) electrons. The number of carbonyl (C=O) groups excluding carboxylic acids is 1. The van der Waals surface area contributed by atoms with Crippen LogP contribution in [-0.4, -0.2) is 18.5 Å². The van der Waals surface area contributed by atoms with Crippen LogP contribution in [0.2, 0.25) is 0 Å². The van der Waals surface area contributed by atoms with Crippen molar-refractivity contribution < 1.29 is 9.53 Å². The van der Waals surface area contributed by atoms with Gasteiger partial charge in [-0.1, -0.05) is 38.1 Å². The Morgan fingerprint density at radius 2 is 1.78 bits per heavy atom. The molecule has 0 saturated heterocycles. The molecule has 0 spiro atoms. The molecule has 0 heterocycles. The number of carbonyl (C=O) groups is 1. The molecule has 0 amide bonds. The summed E-state index contributed by atoms with van der Waals surface area (Å²) in [6.45, 7) is 8.21. The zero-order chi connectivity index (χ0) is 13.8. The van der Waals surface area contributed by atoms with Gasteiger partial charge in [0.2, 0.25) is 0 Å². The molecule has 18 heavy (non-hydrogen) atoms. The maximum Gasteiger partial charge on any atom is 0.140 e. The van der Waals surface area contributed by atoms with E-state index in [9.17, 15) is 4.79 Å². The summed E-state index contributed by atoms with van der Waals surface area (Å²) < 4.78 is 5.28. The number of ketones is 1. The Bertz CT molecular complexity index is 388. The Morgan fingerprint density at radius 1 is 1.22 bits per heavy atom. The highest BCUT2D eigenvalue weighted by Crippen LogP contribution is 2.17. The van der Waals surface area contributed by atoms with E-state index in [1.807, 2.05) is 26.0 Å². The molecule has 2 heteroatoms. The average molecular weight is 248 g/mol. The normalized spacial score (nSPS) is 11.9. The van der Waals surface area contributed by atoms with Crippen LogP contribution in [0.3, 0.4) is 0 Å². The number of benzene rings is 1. The molecule has 2 nitrogen and oxygen atoms in total. The fourth-order valence-corrected chi connectivity index (χ4v) is 1.86. The first-order chi connectivity index (χ1) is 8.34. The fourth-order valence-electron chi connectivity index (χ4n) is 1.86. The van der Waals surface area contributed by atoms with Gasteiger partial charge in [0.15, 0.2) is 0 Å². The lowest BCUT2D eigenvalue weighted by molar-refractivity contribution is -0.123. The Balaban J connectivity index is 2.60. The number of hydrogen-bond acceptors (Lipinski definition) is 2. The topological polar surface area (TPSA) is 26.3 Å². The van der Waals surface area contributed by atoms with Crippen molar-refractivity contribution in [2.24, 2.45) is 0 Å². The van der Waals surface area contributed by atoms with Crippen LogP contribution < -0.4 is 0 Å². The van der Waals surface area contributed by atoms with Gasteiger partial charge >= 0.3 is 0 Å². The molecule has 1 aromatic rings. The predicted molar refractivity (Wildman–Crippen MR) is 74.9 cm³/mol. The van der Waals surface area contributed by atoms with Gasteiger partial charge in [-0.05, 0) is 30.9 Å². The first kappa shape index (κ1) is 14.9. The molecule has 1 aromatic carbocycles. The molecule has 0 atom stereocenters. The summed E-state index contributed by atoms with van der Waals surface area (Å²) in [7, 11) is 1.64. The van der Waals surface area contributed by atoms with Gasteiger partial charge in [-0.25, -0.2) is 0 Å². The van der Waals surface area contributed by atoms with E-state index >= 15 is 0 Å². The average Bonchev–Trinajstić information content (AvgIpc) is 2.29. The van der Waals surface area contributed by atoms with Crippen molar-refractivity contribution in [1.82, 2.24) is 0 Å². The van der Waals surface area contributed by atoms with Crippen molar-refractivity contribution in [2.75, 3.05) is 7.11 Å². The van der Waals surface area contributed by atoms with E-state index < -0.39 is 0 Å². The monoisotopic (exact) mass is 248 g/mol. The van der Waals surface area contributed by atoms with Gasteiger partial charge in [-0.2, -0.15) is 0 Å². The third-order valence-corrected chi connectivity index (χ3v) is 3.22. The third-order valence-electron chi connectivity index (χ3n) is 3.22. The molecule has 100 valence electrons. The first-order valence-electron chi connectivity index (χ1n) is 6.50. The minimum absolute atomic E-state index is 0.221. The second-order valence-corrected chi connectivity index (χ2v) is 5.75. The van der Waals surface area contributed by atoms with E-state index in [1.165, 1.54) is 5.56 Å². The molecular weight excluding hydrogens is 224 g/mol. The summed E-state index contributed by atoms with van der Waals surface area (Å²) in [5.41, 5.74) is 2.02. The van der Waals surface area contributed by atoms with E-state index in [0.717, 1.165) is 5.56 Å². The maximum atomic E-state index is 11.9. The van der Waals surface area contributed by atoms with Crippen molar-refractivity contribution >= 4 is 5.78 Å². The quantitative estimate of drug-likeness (QED) is 0.766. The molecule has 0 saturated carbocycles. The highest BCUT2D eigenvalue weighted by molar-refractivity contribution is 5.81. The number of Topliss-reactive ketones (excluding diaryl/α,β-unsaturated/α-hetero) is 1. The van der Waals surface area contributed by atoms with Gasteiger partial charge in [-0.15, -0.1) is 0 Å². The van der Waals surface area contributed by atoms with Crippen LogP contribution in [-0.2, 0) is 16.0 Å². The molecule has 1 rings (SSSR count). The summed E-state index contributed by atoms with van der Waals surface area (Å²) in [4.78, 5) is 11.9. The molecule has 0 aromatic heterocycles. The SMILES string of the molecule is COC(C)(C)CC(=O)Cc1ccc(C(C)C)cc1.